The van der Waals surface area contributed by atoms with Crippen LogP contribution in [0.1, 0.15) is 22.8 Å². The minimum absolute atomic E-state index is 0.00223. The number of aromatic nitrogens is 2. The topological polar surface area (TPSA) is 46.1 Å². The van der Waals surface area contributed by atoms with Gasteiger partial charge in [-0.15, -0.1) is 0 Å². The van der Waals surface area contributed by atoms with Crippen molar-refractivity contribution in [2.45, 2.75) is 13.5 Å². The second kappa shape index (κ2) is 5.91. The van der Waals surface area contributed by atoms with E-state index in [0.717, 1.165) is 5.56 Å². The van der Waals surface area contributed by atoms with Gasteiger partial charge in [0.1, 0.15) is 0 Å². The molecule has 0 atom stereocenters. The number of pyridine rings is 2. The van der Waals surface area contributed by atoms with E-state index in [0.29, 0.717) is 18.7 Å². The van der Waals surface area contributed by atoms with Crippen molar-refractivity contribution >= 4 is 5.91 Å². The van der Waals surface area contributed by atoms with Crippen LogP contribution in [-0.4, -0.2) is 27.3 Å². The Morgan fingerprint density at radius 2 is 1.94 bits per heavy atom. The molecule has 0 aliphatic heterocycles. The lowest BCUT2D eigenvalue weighted by Gasteiger charge is -2.20. The molecule has 0 N–H and O–H groups in total. The second-order valence-electron chi connectivity index (χ2n) is 3.92. The summed E-state index contributed by atoms with van der Waals surface area (Å²) in [5.41, 5.74) is 1.69. The summed E-state index contributed by atoms with van der Waals surface area (Å²) in [5.74, 6) is 0.00223. The first kappa shape index (κ1) is 12.2. The van der Waals surface area contributed by atoms with Crippen LogP contribution in [0.5, 0.6) is 0 Å². The van der Waals surface area contributed by atoms with E-state index in [-0.39, 0.29) is 5.91 Å². The third kappa shape index (κ3) is 2.91. The third-order valence-corrected chi connectivity index (χ3v) is 2.70. The minimum atomic E-state index is 0.00223. The molecule has 2 rings (SSSR count). The average molecular weight is 241 g/mol. The van der Waals surface area contributed by atoms with E-state index in [1.807, 2.05) is 19.1 Å². The SMILES string of the molecule is CCN(Cc1ccncc1)C(=O)c1cccnc1. The van der Waals surface area contributed by atoms with E-state index in [9.17, 15) is 4.79 Å². The van der Waals surface area contributed by atoms with Gasteiger partial charge in [-0.05, 0) is 36.8 Å². The van der Waals surface area contributed by atoms with E-state index in [2.05, 4.69) is 9.97 Å². The van der Waals surface area contributed by atoms with E-state index in [1.54, 1.807) is 41.8 Å². The van der Waals surface area contributed by atoms with Gasteiger partial charge in [0.15, 0.2) is 0 Å². The van der Waals surface area contributed by atoms with Gasteiger partial charge in [-0.3, -0.25) is 14.8 Å². The molecule has 0 aliphatic rings. The molecule has 0 bridgehead atoms. The molecular formula is C14H15N3O. The quantitative estimate of drug-likeness (QED) is 0.823. The fraction of sp³-hybridized carbons (Fsp3) is 0.214. The molecule has 4 nitrogen and oxygen atoms in total. The lowest BCUT2D eigenvalue weighted by atomic mass is 10.2. The number of amides is 1. The molecule has 0 aromatic carbocycles. The molecule has 0 aliphatic carbocycles. The highest BCUT2D eigenvalue weighted by Crippen LogP contribution is 2.08. The van der Waals surface area contributed by atoms with Gasteiger partial charge in [-0.25, -0.2) is 0 Å². The van der Waals surface area contributed by atoms with E-state index < -0.39 is 0 Å². The number of hydrogen-bond donors (Lipinski definition) is 0. The summed E-state index contributed by atoms with van der Waals surface area (Å²) in [6.45, 7) is 3.22. The van der Waals surface area contributed by atoms with Crippen LogP contribution in [0.25, 0.3) is 0 Å². The van der Waals surface area contributed by atoms with E-state index in [4.69, 9.17) is 0 Å². The maximum absolute atomic E-state index is 12.3. The Morgan fingerprint density at radius 1 is 1.17 bits per heavy atom. The van der Waals surface area contributed by atoms with Crippen molar-refractivity contribution in [2.75, 3.05) is 6.54 Å². The van der Waals surface area contributed by atoms with Crippen molar-refractivity contribution in [1.29, 1.82) is 0 Å². The molecule has 2 aromatic heterocycles. The number of carbonyl (C=O) groups is 1. The highest BCUT2D eigenvalue weighted by molar-refractivity contribution is 5.93. The van der Waals surface area contributed by atoms with Crippen molar-refractivity contribution in [3.63, 3.8) is 0 Å². The Morgan fingerprint density at radius 3 is 2.56 bits per heavy atom. The third-order valence-electron chi connectivity index (χ3n) is 2.70. The second-order valence-corrected chi connectivity index (χ2v) is 3.92. The zero-order valence-corrected chi connectivity index (χ0v) is 10.3. The van der Waals surface area contributed by atoms with Crippen molar-refractivity contribution in [3.8, 4) is 0 Å². The maximum atomic E-state index is 12.3. The van der Waals surface area contributed by atoms with Gasteiger partial charge in [-0.1, -0.05) is 0 Å². The first-order valence-electron chi connectivity index (χ1n) is 5.89. The van der Waals surface area contributed by atoms with Crippen molar-refractivity contribution < 1.29 is 4.79 Å². The Balaban J connectivity index is 2.12. The van der Waals surface area contributed by atoms with Crippen LogP contribution in [0.4, 0.5) is 0 Å². The molecule has 0 spiro atoms. The predicted molar refractivity (Wildman–Crippen MR) is 68.9 cm³/mol. The molecule has 92 valence electrons. The number of carbonyl (C=O) groups excluding carboxylic acids is 1. The van der Waals surface area contributed by atoms with E-state index >= 15 is 0 Å². The monoisotopic (exact) mass is 241 g/mol. The van der Waals surface area contributed by atoms with E-state index in [1.165, 1.54) is 0 Å². The van der Waals surface area contributed by atoms with Crippen LogP contribution >= 0.6 is 0 Å². The van der Waals surface area contributed by atoms with Gasteiger partial charge in [-0.2, -0.15) is 0 Å². The molecule has 2 aromatic rings. The molecular weight excluding hydrogens is 226 g/mol. The van der Waals surface area contributed by atoms with Gasteiger partial charge in [0.2, 0.25) is 0 Å². The first-order chi connectivity index (χ1) is 8.81. The Labute approximate surface area is 106 Å². The smallest absolute Gasteiger partial charge is 0.255 e. The zero-order chi connectivity index (χ0) is 12.8. The zero-order valence-electron chi connectivity index (χ0n) is 10.3. The van der Waals surface area contributed by atoms with Crippen molar-refractivity contribution in [2.24, 2.45) is 0 Å². The molecule has 18 heavy (non-hydrogen) atoms. The largest absolute Gasteiger partial charge is 0.335 e. The lowest BCUT2D eigenvalue weighted by molar-refractivity contribution is 0.0752. The molecule has 0 unspecified atom stereocenters. The molecule has 0 fully saturated rings. The molecule has 2 heterocycles. The lowest BCUT2D eigenvalue weighted by Crippen LogP contribution is -2.30. The van der Waals surface area contributed by atoms with Crippen LogP contribution in [0.15, 0.2) is 49.1 Å². The van der Waals surface area contributed by atoms with Gasteiger partial charge < -0.3 is 4.90 Å². The summed E-state index contributed by atoms with van der Waals surface area (Å²) in [6, 6.07) is 7.39. The maximum Gasteiger partial charge on any atom is 0.255 e. The Hall–Kier alpha value is -2.23. The van der Waals surface area contributed by atoms with Crippen LogP contribution in [-0.2, 0) is 6.54 Å². The molecule has 0 radical (unpaired) electrons. The van der Waals surface area contributed by atoms with Crippen LogP contribution in [0.3, 0.4) is 0 Å². The minimum Gasteiger partial charge on any atom is -0.335 e. The number of hydrogen-bond acceptors (Lipinski definition) is 3. The summed E-state index contributed by atoms with van der Waals surface area (Å²) in [4.78, 5) is 22.0. The summed E-state index contributed by atoms with van der Waals surface area (Å²) < 4.78 is 0. The highest BCUT2D eigenvalue weighted by atomic mass is 16.2. The van der Waals surface area contributed by atoms with Gasteiger partial charge >= 0.3 is 0 Å². The fourth-order valence-corrected chi connectivity index (χ4v) is 1.71. The standard InChI is InChI=1S/C14H15N3O/c1-2-17(11-12-5-8-15-9-6-12)14(18)13-4-3-7-16-10-13/h3-10H,2,11H2,1H3. The number of nitrogens with zero attached hydrogens (tertiary/aromatic N) is 3. The van der Waals surface area contributed by atoms with Crippen molar-refractivity contribution in [3.05, 3.63) is 60.2 Å². The summed E-state index contributed by atoms with van der Waals surface area (Å²) >= 11 is 0. The summed E-state index contributed by atoms with van der Waals surface area (Å²) in [6.07, 6.45) is 6.73. The summed E-state index contributed by atoms with van der Waals surface area (Å²) in [7, 11) is 0. The molecule has 0 saturated carbocycles. The Kier molecular flexibility index (Phi) is 4.02. The number of rotatable bonds is 4. The molecule has 1 amide bonds. The van der Waals surface area contributed by atoms with Gasteiger partial charge in [0.25, 0.3) is 5.91 Å². The Bertz CT molecular complexity index is 499. The van der Waals surface area contributed by atoms with Gasteiger partial charge in [0, 0.05) is 37.9 Å². The predicted octanol–water partition coefficient (Wildman–Crippen LogP) is 2.14. The first-order valence-corrected chi connectivity index (χ1v) is 5.89. The average Bonchev–Trinajstić information content (AvgIpc) is 2.46. The highest BCUT2D eigenvalue weighted by Gasteiger charge is 2.14. The van der Waals surface area contributed by atoms with Crippen LogP contribution in [0, 0.1) is 0 Å². The van der Waals surface area contributed by atoms with Crippen LogP contribution in [0.2, 0.25) is 0 Å². The van der Waals surface area contributed by atoms with Crippen molar-refractivity contribution in [1.82, 2.24) is 14.9 Å². The fourth-order valence-electron chi connectivity index (χ4n) is 1.71. The molecule has 0 saturated heterocycles. The summed E-state index contributed by atoms with van der Waals surface area (Å²) in [5, 5.41) is 0. The van der Waals surface area contributed by atoms with Crippen LogP contribution < -0.4 is 0 Å². The normalized spacial score (nSPS) is 10.1. The molecule has 4 heteroatoms. The van der Waals surface area contributed by atoms with Gasteiger partial charge in [0.05, 0.1) is 5.56 Å².